The predicted octanol–water partition coefficient (Wildman–Crippen LogP) is 2.27. The van der Waals surface area contributed by atoms with Gasteiger partial charge in [-0.05, 0) is 13.3 Å². The zero-order valence-electron chi connectivity index (χ0n) is 10.4. The van der Waals surface area contributed by atoms with E-state index in [-0.39, 0.29) is 26.2 Å². The largest absolute Gasteiger partial charge is 0.466 e. The molecule has 7 heteroatoms. The maximum absolute atomic E-state index is 13.1. The molecular formula is C11H17F3O4. The second-order valence-corrected chi connectivity index (χ2v) is 3.96. The lowest BCUT2D eigenvalue weighted by atomic mass is 9.93. The van der Waals surface area contributed by atoms with E-state index >= 15 is 0 Å². The van der Waals surface area contributed by atoms with E-state index in [0.717, 1.165) is 0 Å². The Kier molecular flexibility index (Phi) is 4.98. The highest BCUT2D eigenvalue weighted by Gasteiger charge is 2.66. The van der Waals surface area contributed by atoms with Gasteiger partial charge in [0, 0.05) is 0 Å². The Morgan fingerprint density at radius 2 is 1.89 bits per heavy atom. The summed E-state index contributed by atoms with van der Waals surface area (Å²) in [5, 5.41) is 0. The summed E-state index contributed by atoms with van der Waals surface area (Å²) in [4.78, 5) is 11.7. The molecule has 1 aliphatic rings. The highest BCUT2D eigenvalue weighted by atomic mass is 19.4. The smallest absolute Gasteiger partial charge is 0.444 e. The molecule has 0 aromatic carbocycles. The fourth-order valence-electron chi connectivity index (χ4n) is 1.99. The van der Waals surface area contributed by atoms with E-state index in [2.05, 4.69) is 0 Å². The van der Waals surface area contributed by atoms with Gasteiger partial charge < -0.3 is 14.2 Å². The highest BCUT2D eigenvalue weighted by molar-refractivity contribution is 5.73. The summed E-state index contributed by atoms with van der Waals surface area (Å²) in [5.74, 6) is -5.27. The van der Waals surface area contributed by atoms with Crippen LogP contribution in [0.3, 0.4) is 0 Å². The van der Waals surface area contributed by atoms with Crippen molar-refractivity contribution in [1.82, 2.24) is 0 Å². The minimum Gasteiger partial charge on any atom is -0.466 e. The van der Waals surface area contributed by atoms with Crippen molar-refractivity contribution in [3.05, 3.63) is 0 Å². The molecule has 0 aliphatic carbocycles. The van der Waals surface area contributed by atoms with Crippen molar-refractivity contribution in [3.8, 4) is 0 Å². The van der Waals surface area contributed by atoms with Gasteiger partial charge in [-0.15, -0.1) is 0 Å². The maximum atomic E-state index is 13.1. The topological polar surface area (TPSA) is 44.8 Å². The highest BCUT2D eigenvalue weighted by Crippen LogP contribution is 2.45. The van der Waals surface area contributed by atoms with Gasteiger partial charge in [0.05, 0.1) is 19.8 Å². The average molecular weight is 270 g/mol. The summed E-state index contributed by atoms with van der Waals surface area (Å²) in [6.45, 7) is 2.88. The number of carbonyl (C=O) groups excluding carboxylic acids is 1. The lowest BCUT2D eigenvalue weighted by Gasteiger charge is -2.35. The molecule has 0 spiro atoms. The van der Waals surface area contributed by atoms with Crippen LogP contribution in [-0.4, -0.2) is 37.8 Å². The summed E-state index contributed by atoms with van der Waals surface area (Å²) >= 11 is 0. The van der Waals surface area contributed by atoms with E-state index in [1.54, 1.807) is 6.92 Å². The number of hydrogen-bond donors (Lipinski definition) is 0. The molecule has 0 saturated carbocycles. The van der Waals surface area contributed by atoms with Crippen molar-refractivity contribution >= 4 is 5.97 Å². The van der Waals surface area contributed by atoms with Gasteiger partial charge in [0.1, 0.15) is 5.92 Å². The lowest BCUT2D eigenvalue weighted by molar-refractivity contribution is -0.361. The monoisotopic (exact) mass is 270 g/mol. The van der Waals surface area contributed by atoms with Gasteiger partial charge in [0.15, 0.2) is 0 Å². The molecule has 106 valence electrons. The van der Waals surface area contributed by atoms with Crippen LogP contribution in [0.5, 0.6) is 0 Å². The SMILES string of the molecule is CCCC(C(=O)OCC)C1(C(F)(F)F)OCCO1. The normalized spacial score (nSPS) is 20.7. The van der Waals surface area contributed by atoms with Crippen LogP contribution in [0.4, 0.5) is 13.2 Å². The third-order valence-electron chi connectivity index (χ3n) is 2.72. The Bertz CT molecular complexity index is 285. The van der Waals surface area contributed by atoms with E-state index in [4.69, 9.17) is 14.2 Å². The fraction of sp³-hybridized carbons (Fsp3) is 0.909. The first-order valence-corrected chi connectivity index (χ1v) is 5.90. The Morgan fingerprint density at radius 1 is 1.33 bits per heavy atom. The molecule has 0 aromatic rings. The lowest BCUT2D eigenvalue weighted by Crippen LogP contribution is -2.55. The standard InChI is InChI=1S/C11H17F3O4/c1-3-5-8(9(15)16-4-2)10(11(12,13)14)17-6-7-18-10/h8H,3-7H2,1-2H3. The number of hydrogen-bond acceptors (Lipinski definition) is 4. The summed E-state index contributed by atoms with van der Waals surface area (Å²) in [7, 11) is 0. The van der Waals surface area contributed by atoms with E-state index < -0.39 is 23.9 Å². The number of esters is 1. The van der Waals surface area contributed by atoms with Gasteiger partial charge in [-0.3, -0.25) is 4.79 Å². The number of ether oxygens (including phenoxy) is 3. The van der Waals surface area contributed by atoms with Crippen molar-refractivity contribution in [2.24, 2.45) is 5.92 Å². The van der Waals surface area contributed by atoms with Crippen LogP contribution in [0.15, 0.2) is 0 Å². The molecule has 18 heavy (non-hydrogen) atoms. The number of rotatable bonds is 5. The van der Waals surface area contributed by atoms with Gasteiger partial charge in [-0.25, -0.2) is 0 Å². The van der Waals surface area contributed by atoms with Crippen LogP contribution < -0.4 is 0 Å². The number of carbonyl (C=O) groups is 1. The first-order valence-electron chi connectivity index (χ1n) is 5.90. The molecular weight excluding hydrogens is 253 g/mol. The quantitative estimate of drug-likeness (QED) is 0.719. The molecule has 0 bridgehead atoms. The van der Waals surface area contributed by atoms with E-state index in [1.807, 2.05) is 0 Å². The Balaban J connectivity index is 3.02. The second-order valence-electron chi connectivity index (χ2n) is 3.96. The second kappa shape index (κ2) is 5.88. The van der Waals surface area contributed by atoms with Crippen LogP contribution in [0, 0.1) is 5.92 Å². The molecule has 1 unspecified atom stereocenters. The molecule has 4 nitrogen and oxygen atoms in total. The minimum atomic E-state index is -4.77. The molecule has 1 saturated heterocycles. The van der Waals surface area contributed by atoms with Crippen LogP contribution in [0.2, 0.25) is 0 Å². The molecule has 1 heterocycles. The zero-order valence-corrected chi connectivity index (χ0v) is 10.4. The summed E-state index contributed by atoms with van der Waals surface area (Å²) in [5.41, 5.74) is 0. The summed E-state index contributed by atoms with van der Waals surface area (Å²) in [6, 6.07) is 0. The Labute approximate surface area is 103 Å². The molecule has 1 atom stereocenters. The maximum Gasteiger partial charge on any atom is 0.444 e. The van der Waals surface area contributed by atoms with E-state index in [0.29, 0.717) is 6.42 Å². The van der Waals surface area contributed by atoms with Crippen LogP contribution in [0.1, 0.15) is 26.7 Å². The third kappa shape index (κ3) is 2.77. The minimum absolute atomic E-state index is 0.00164. The first kappa shape index (κ1) is 15.2. The van der Waals surface area contributed by atoms with Gasteiger partial charge >= 0.3 is 12.1 Å². The van der Waals surface area contributed by atoms with Crippen molar-refractivity contribution in [2.75, 3.05) is 19.8 Å². The van der Waals surface area contributed by atoms with Crippen molar-refractivity contribution < 1.29 is 32.2 Å². The third-order valence-corrected chi connectivity index (χ3v) is 2.72. The van der Waals surface area contributed by atoms with Gasteiger partial charge in [-0.2, -0.15) is 13.2 Å². The predicted molar refractivity (Wildman–Crippen MR) is 55.7 cm³/mol. The van der Waals surface area contributed by atoms with Gasteiger partial charge in [0.2, 0.25) is 0 Å². The zero-order chi connectivity index (χ0) is 13.8. The van der Waals surface area contributed by atoms with Crippen LogP contribution in [-0.2, 0) is 19.0 Å². The number of halogens is 3. The summed E-state index contributed by atoms with van der Waals surface area (Å²) in [6.07, 6.45) is -4.37. The van der Waals surface area contributed by atoms with Crippen molar-refractivity contribution in [2.45, 2.75) is 38.7 Å². The molecule has 0 aromatic heterocycles. The molecule has 1 fully saturated rings. The molecule has 1 rings (SSSR count). The molecule has 0 N–H and O–H groups in total. The number of alkyl halides is 3. The Morgan fingerprint density at radius 3 is 2.28 bits per heavy atom. The molecule has 0 amide bonds. The molecule has 0 radical (unpaired) electrons. The van der Waals surface area contributed by atoms with Crippen LogP contribution >= 0.6 is 0 Å². The van der Waals surface area contributed by atoms with Crippen molar-refractivity contribution in [3.63, 3.8) is 0 Å². The van der Waals surface area contributed by atoms with Crippen molar-refractivity contribution in [1.29, 1.82) is 0 Å². The van der Waals surface area contributed by atoms with Crippen LogP contribution in [0.25, 0.3) is 0 Å². The van der Waals surface area contributed by atoms with Gasteiger partial charge in [-0.1, -0.05) is 13.3 Å². The van der Waals surface area contributed by atoms with E-state index in [1.165, 1.54) is 6.92 Å². The first-order chi connectivity index (χ1) is 8.39. The Hall–Kier alpha value is -0.820. The average Bonchev–Trinajstić information content (AvgIpc) is 2.75. The molecule has 1 aliphatic heterocycles. The summed E-state index contributed by atoms with van der Waals surface area (Å²) < 4.78 is 53.6. The van der Waals surface area contributed by atoms with E-state index in [9.17, 15) is 18.0 Å². The fourth-order valence-corrected chi connectivity index (χ4v) is 1.99. The van der Waals surface area contributed by atoms with Gasteiger partial charge in [0.25, 0.3) is 5.79 Å².